The second-order valence-corrected chi connectivity index (χ2v) is 7.80. The minimum absolute atomic E-state index is 0.359. The van der Waals surface area contributed by atoms with E-state index < -0.39 is 0 Å². The van der Waals surface area contributed by atoms with Gasteiger partial charge >= 0.3 is 5.97 Å². The van der Waals surface area contributed by atoms with E-state index in [9.17, 15) is 4.79 Å². The maximum atomic E-state index is 11.7. The van der Waals surface area contributed by atoms with E-state index in [4.69, 9.17) is 21.4 Å². The molecule has 0 spiro atoms. The van der Waals surface area contributed by atoms with Crippen molar-refractivity contribution in [3.63, 3.8) is 0 Å². The van der Waals surface area contributed by atoms with Crippen LogP contribution in [0.15, 0.2) is 94.9 Å². The van der Waals surface area contributed by atoms with Crippen molar-refractivity contribution in [3.05, 3.63) is 95.6 Å². The Kier molecular flexibility index (Phi) is 5.69. The second-order valence-electron chi connectivity index (χ2n) is 6.25. The first-order chi connectivity index (χ1) is 14.1. The van der Waals surface area contributed by atoms with Crippen molar-refractivity contribution in [2.75, 3.05) is 7.11 Å². The standard InChI is InChI=1S/C23H17ClN2O2S/c1-28-23(27)17-9-7-16(8-10-17)22-21(29-20-13-11-18(24)12-14-20)15-26(25-22)19-5-3-2-4-6-19/h2-15H,1H3. The Hall–Kier alpha value is -3.02. The number of nitrogens with zero attached hydrogens (tertiary/aromatic N) is 2. The molecule has 4 rings (SSSR count). The van der Waals surface area contributed by atoms with E-state index in [2.05, 4.69) is 0 Å². The number of benzene rings is 3. The van der Waals surface area contributed by atoms with E-state index in [1.54, 1.807) is 23.9 Å². The predicted molar refractivity (Wildman–Crippen MR) is 116 cm³/mol. The summed E-state index contributed by atoms with van der Waals surface area (Å²) < 4.78 is 6.65. The summed E-state index contributed by atoms with van der Waals surface area (Å²) in [5.74, 6) is -0.359. The van der Waals surface area contributed by atoms with Crippen LogP contribution in [0.25, 0.3) is 16.9 Å². The van der Waals surface area contributed by atoms with Crippen LogP contribution >= 0.6 is 23.4 Å². The molecule has 1 aromatic heterocycles. The Morgan fingerprint density at radius 1 is 0.966 bits per heavy atom. The van der Waals surface area contributed by atoms with Gasteiger partial charge in [-0.1, -0.05) is 53.7 Å². The first kappa shape index (κ1) is 19.3. The van der Waals surface area contributed by atoms with Gasteiger partial charge in [-0.05, 0) is 48.5 Å². The summed E-state index contributed by atoms with van der Waals surface area (Å²) in [6.07, 6.45) is 2.01. The van der Waals surface area contributed by atoms with Gasteiger partial charge in [0.1, 0.15) is 5.69 Å². The monoisotopic (exact) mass is 420 g/mol. The summed E-state index contributed by atoms with van der Waals surface area (Å²) in [5.41, 5.74) is 3.24. The Morgan fingerprint density at radius 3 is 2.31 bits per heavy atom. The van der Waals surface area contributed by atoms with E-state index in [0.717, 1.165) is 26.7 Å². The SMILES string of the molecule is COC(=O)c1ccc(-c2nn(-c3ccccc3)cc2Sc2ccc(Cl)cc2)cc1. The number of rotatable bonds is 5. The molecular weight excluding hydrogens is 404 g/mol. The molecule has 0 aliphatic rings. The number of aromatic nitrogens is 2. The minimum Gasteiger partial charge on any atom is -0.465 e. The fourth-order valence-corrected chi connectivity index (χ4v) is 3.92. The van der Waals surface area contributed by atoms with E-state index in [1.807, 2.05) is 77.6 Å². The number of para-hydroxylation sites is 1. The van der Waals surface area contributed by atoms with Crippen LogP contribution in [0.4, 0.5) is 0 Å². The Balaban J connectivity index is 1.75. The van der Waals surface area contributed by atoms with Gasteiger partial charge < -0.3 is 4.74 Å². The Labute approximate surface area is 178 Å². The molecule has 144 valence electrons. The van der Waals surface area contributed by atoms with E-state index in [-0.39, 0.29) is 5.97 Å². The summed E-state index contributed by atoms with van der Waals surface area (Å²) in [6, 6.07) is 24.9. The van der Waals surface area contributed by atoms with Crippen molar-refractivity contribution in [2.24, 2.45) is 0 Å². The molecule has 0 aliphatic heterocycles. The maximum Gasteiger partial charge on any atom is 0.337 e. The fraction of sp³-hybridized carbons (Fsp3) is 0.0435. The third-order valence-electron chi connectivity index (χ3n) is 4.32. The zero-order valence-corrected chi connectivity index (χ0v) is 17.2. The average molecular weight is 421 g/mol. The van der Waals surface area contributed by atoms with Gasteiger partial charge in [0, 0.05) is 21.7 Å². The number of methoxy groups -OCH3 is 1. The van der Waals surface area contributed by atoms with Crippen LogP contribution in [-0.4, -0.2) is 22.9 Å². The van der Waals surface area contributed by atoms with Crippen molar-refractivity contribution < 1.29 is 9.53 Å². The molecule has 0 N–H and O–H groups in total. The normalized spacial score (nSPS) is 10.7. The zero-order chi connectivity index (χ0) is 20.2. The fourth-order valence-electron chi connectivity index (χ4n) is 2.86. The molecule has 29 heavy (non-hydrogen) atoms. The maximum absolute atomic E-state index is 11.7. The van der Waals surface area contributed by atoms with Crippen molar-refractivity contribution in [1.29, 1.82) is 0 Å². The lowest BCUT2D eigenvalue weighted by atomic mass is 10.1. The van der Waals surface area contributed by atoms with Crippen LogP contribution in [0, 0.1) is 0 Å². The lowest BCUT2D eigenvalue weighted by Gasteiger charge is -2.04. The summed E-state index contributed by atoms with van der Waals surface area (Å²) in [4.78, 5) is 13.8. The van der Waals surface area contributed by atoms with Crippen molar-refractivity contribution in [3.8, 4) is 16.9 Å². The lowest BCUT2D eigenvalue weighted by molar-refractivity contribution is 0.0601. The summed E-state index contributed by atoms with van der Waals surface area (Å²) in [7, 11) is 1.37. The van der Waals surface area contributed by atoms with Gasteiger partial charge in [-0.2, -0.15) is 5.10 Å². The molecule has 3 aromatic carbocycles. The van der Waals surface area contributed by atoms with Crippen LogP contribution in [0.3, 0.4) is 0 Å². The second kappa shape index (κ2) is 8.55. The number of hydrogen-bond donors (Lipinski definition) is 0. The quantitative estimate of drug-likeness (QED) is 0.364. The third-order valence-corrected chi connectivity index (χ3v) is 5.60. The van der Waals surface area contributed by atoms with Crippen molar-refractivity contribution in [1.82, 2.24) is 9.78 Å². The molecular formula is C23H17ClN2O2S. The van der Waals surface area contributed by atoms with Gasteiger partial charge in [0.2, 0.25) is 0 Å². The van der Waals surface area contributed by atoms with E-state index >= 15 is 0 Å². The molecule has 0 unspecified atom stereocenters. The molecule has 0 amide bonds. The van der Waals surface area contributed by atoms with Crippen LogP contribution in [0.1, 0.15) is 10.4 Å². The first-order valence-corrected chi connectivity index (χ1v) is 10.1. The first-order valence-electron chi connectivity index (χ1n) is 8.91. The average Bonchev–Trinajstić information content (AvgIpc) is 3.19. The topological polar surface area (TPSA) is 44.1 Å². The van der Waals surface area contributed by atoms with E-state index in [0.29, 0.717) is 10.6 Å². The molecule has 0 atom stereocenters. The van der Waals surface area contributed by atoms with Gasteiger partial charge in [-0.25, -0.2) is 9.48 Å². The Morgan fingerprint density at radius 2 is 1.66 bits per heavy atom. The largest absolute Gasteiger partial charge is 0.465 e. The number of esters is 1. The van der Waals surface area contributed by atoms with Crippen LogP contribution in [0.2, 0.25) is 5.02 Å². The van der Waals surface area contributed by atoms with Crippen LogP contribution < -0.4 is 0 Å². The summed E-state index contributed by atoms with van der Waals surface area (Å²) in [6.45, 7) is 0. The molecule has 4 nitrogen and oxygen atoms in total. The van der Waals surface area contributed by atoms with Crippen LogP contribution in [0.5, 0.6) is 0 Å². The zero-order valence-electron chi connectivity index (χ0n) is 15.6. The highest BCUT2D eigenvalue weighted by atomic mass is 35.5. The van der Waals surface area contributed by atoms with Gasteiger partial charge in [-0.3, -0.25) is 0 Å². The number of ether oxygens (including phenoxy) is 1. The smallest absolute Gasteiger partial charge is 0.337 e. The summed E-state index contributed by atoms with van der Waals surface area (Å²) in [5, 5.41) is 5.51. The molecule has 0 bridgehead atoms. The highest BCUT2D eigenvalue weighted by Crippen LogP contribution is 2.36. The summed E-state index contributed by atoms with van der Waals surface area (Å²) >= 11 is 7.63. The molecule has 0 saturated carbocycles. The molecule has 0 radical (unpaired) electrons. The highest BCUT2D eigenvalue weighted by Gasteiger charge is 2.15. The molecule has 0 aliphatic carbocycles. The van der Waals surface area contributed by atoms with Crippen molar-refractivity contribution >= 4 is 29.3 Å². The lowest BCUT2D eigenvalue weighted by Crippen LogP contribution is -2.00. The molecule has 0 fully saturated rings. The molecule has 6 heteroatoms. The van der Waals surface area contributed by atoms with Gasteiger partial charge in [0.15, 0.2) is 0 Å². The number of halogens is 1. The third kappa shape index (κ3) is 4.36. The van der Waals surface area contributed by atoms with Gasteiger partial charge in [-0.15, -0.1) is 0 Å². The molecule has 4 aromatic rings. The number of carbonyl (C=O) groups is 1. The number of carbonyl (C=O) groups excluding carboxylic acids is 1. The molecule has 0 saturated heterocycles. The Bertz CT molecular complexity index is 1120. The van der Waals surface area contributed by atoms with Crippen molar-refractivity contribution in [2.45, 2.75) is 9.79 Å². The van der Waals surface area contributed by atoms with Crippen LogP contribution in [-0.2, 0) is 4.74 Å². The predicted octanol–water partition coefficient (Wildman–Crippen LogP) is 6.13. The number of hydrogen-bond acceptors (Lipinski definition) is 4. The van der Waals surface area contributed by atoms with E-state index in [1.165, 1.54) is 7.11 Å². The van der Waals surface area contributed by atoms with Gasteiger partial charge in [0.05, 0.1) is 23.3 Å². The minimum atomic E-state index is -0.359. The highest BCUT2D eigenvalue weighted by molar-refractivity contribution is 7.99. The molecule has 1 heterocycles. The van der Waals surface area contributed by atoms with Gasteiger partial charge in [0.25, 0.3) is 0 Å².